The fourth-order valence-corrected chi connectivity index (χ4v) is 7.86. The number of hydrogen-bond donors (Lipinski definition) is 2. The number of aromatic carboxylic acids is 1. The van der Waals surface area contributed by atoms with E-state index in [1.165, 1.54) is 40.6 Å². The minimum absolute atomic E-state index is 0.0104. The Labute approximate surface area is 245 Å². The first-order chi connectivity index (χ1) is 19.7. The van der Waals surface area contributed by atoms with E-state index in [0.29, 0.717) is 15.7 Å². The van der Waals surface area contributed by atoms with Gasteiger partial charge in [0, 0.05) is 32.4 Å². The normalized spacial score (nSPS) is 16.1. The molecule has 214 valence electrons. The molecule has 0 aliphatic carbocycles. The number of hydrogen-bond acceptors (Lipinski definition) is 9. The highest BCUT2D eigenvalue weighted by atomic mass is 35.5. The number of fused-ring (bicyclic) bond motifs is 1. The molecule has 1 aliphatic heterocycles. The number of pyridine rings is 1. The molecule has 14 heteroatoms. The molecule has 0 saturated carbocycles. The van der Waals surface area contributed by atoms with Gasteiger partial charge in [-0.3, -0.25) is 9.78 Å². The maximum Gasteiger partial charge on any atom is 0.339 e. The van der Waals surface area contributed by atoms with E-state index in [0.717, 1.165) is 29.7 Å². The summed E-state index contributed by atoms with van der Waals surface area (Å²) in [7, 11) is -4.03. The number of aryl methyl sites for hydroxylation is 1. The highest BCUT2D eigenvalue weighted by Crippen LogP contribution is 2.31. The second-order valence-corrected chi connectivity index (χ2v) is 13.3. The maximum absolute atomic E-state index is 13.6. The third kappa shape index (κ3) is 6.17. The summed E-state index contributed by atoms with van der Waals surface area (Å²) in [6.45, 7) is 2.51. The zero-order chi connectivity index (χ0) is 29.1. The van der Waals surface area contributed by atoms with Gasteiger partial charge in [0.15, 0.2) is 0 Å². The number of carboxylic acids is 1. The largest absolute Gasteiger partial charge is 0.478 e. The number of sulfonamides is 1. The number of halogens is 1. The smallest absolute Gasteiger partial charge is 0.339 e. The highest BCUT2D eigenvalue weighted by molar-refractivity contribution is 7.91. The number of nitrogens with one attached hydrogen (secondary N) is 1. The third-order valence-corrected chi connectivity index (χ3v) is 10.4. The minimum Gasteiger partial charge on any atom is -0.478 e. The summed E-state index contributed by atoms with van der Waals surface area (Å²) >= 11 is 6.95. The predicted molar refractivity (Wildman–Crippen MR) is 156 cm³/mol. The summed E-state index contributed by atoms with van der Waals surface area (Å²) < 4.78 is 28.8. The molecule has 1 saturated heterocycles. The van der Waals surface area contributed by atoms with Gasteiger partial charge in [0.25, 0.3) is 10.0 Å². The van der Waals surface area contributed by atoms with Crippen molar-refractivity contribution in [2.24, 2.45) is 0 Å². The van der Waals surface area contributed by atoms with Crippen LogP contribution in [-0.2, 0) is 27.8 Å². The Morgan fingerprint density at radius 2 is 1.85 bits per heavy atom. The van der Waals surface area contributed by atoms with Gasteiger partial charge in [-0.25, -0.2) is 23.2 Å². The first-order valence-electron chi connectivity index (χ1n) is 12.9. The average Bonchev–Trinajstić information content (AvgIpc) is 3.43. The zero-order valence-corrected chi connectivity index (χ0v) is 24.4. The summed E-state index contributed by atoms with van der Waals surface area (Å²) in [4.78, 5) is 39.7. The zero-order valence-electron chi connectivity index (χ0n) is 22.0. The van der Waals surface area contributed by atoms with Crippen LogP contribution in [-0.4, -0.2) is 70.3 Å². The van der Waals surface area contributed by atoms with E-state index in [-0.39, 0.29) is 41.5 Å². The number of benzene rings is 1. The van der Waals surface area contributed by atoms with Gasteiger partial charge in [-0.1, -0.05) is 49.2 Å². The second-order valence-electron chi connectivity index (χ2n) is 9.51. The lowest BCUT2D eigenvalue weighted by molar-refractivity contribution is -0.125. The summed E-state index contributed by atoms with van der Waals surface area (Å²) in [6, 6.07) is 9.76. The molecule has 1 fully saturated rings. The van der Waals surface area contributed by atoms with Gasteiger partial charge in [0.1, 0.15) is 32.7 Å². The summed E-state index contributed by atoms with van der Waals surface area (Å²) in [5.74, 6) is -1.34. The summed E-state index contributed by atoms with van der Waals surface area (Å²) in [5.41, 5.74) is 2.45. The van der Waals surface area contributed by atoms with Crippen LogP contribution in [0.1, 0.15) is 34.8 Å². The van der Waals surface area contributed by atoms with Crippen LogP contribution in [0.4, 0.5) is 5.82 Å². The Morgan fingerprint density at radius 3 is 2.54 bits per heavy atom. The molecule has 5 rings (SSSR count). The molecule has 1 aliphatic rings. The van der Waals surface area contributed by atoms with Crippen molar-refractivity contribution in [1.29, 1.82) is 0 Å². The quantitative estimate of drug-likeness (QED) is 0.289. The number of amides is 1. The fraction of sp³-hybridized carbons (Fsp3) is 0.296. The van der Waals surface area contributed by atoms with Gasteiger partial charge in [-0.15, -0.1) is 11.3 Å². The highest BCUT2D eigenvalue weighted by Gasteiger charge is 2.41. The Bertz CT molecular complexity index is 1700. The van der Waals surface area contributed by atoms with Gasteiger partial charge < -0.3 is 15.3 Å². The van der Waals surface area contributed by atoms with E-state index in [1.54, 1.807) is 4.90 Å². The number of rotatable bonds is 9. The average molecular weight is 615 g/mol. The molecule has 4 aromatic rings. The van der Waals surface area contributed by atoms with Crippen molar-refractivity contribution < 1.29 is 23.1 Å². The molecule has 3 aromatic heterocycles. The molecule has 0 bridgehead atoms. The Kier molecular flexibility index (Phi) is 8.50. The van der Waals surface area contributed by atoms with Crippen molar-refractivity contribution >= 4 is 61.7 Å². The van der Waals surface area contributed by atoms with Crippen LogP contribution in [0.25, 0.3) is 11.0 Å². The summed E-state index contributed by atoms with van der Waals surface area (Å²) in [6.07, 6.45) is 6.08. The van der Waals surface area contributed by atoms with Crippen LogP contribution in [0.5, 0.6) is 0 Å². The number of carbonyl (C=O) groups is 2. The van der Waals surface area contributed by atoms with Crippen molar-refractivity contribution in [3.05, 3.63) is 76.0 Å². The molecule has 0 spiro atoms. The Hall–Kier alpha value is -3.65. The first-order valence-corrected chi connectivity index (χ1v) is 15.5. The van der Waals surface area contributed by atoms with Gasteiger partial charge in [-0.05, 0) is 29.7 Å². The van der Waals surface area contributed by atoms with Crippen molar-refractivity contribution in [3.63, 3.8) is 0 Å². The van der Waals surface area contributed by atoms with Crippen LogP contribution in [0, 0.1) is 0 Å². The second kappa shape index (κ2) is 12.1. The predicted octanol–water partition coefficient (Wildman–Crippen LogP) is 3.59. The Morgan fingerprint density at radius 1 is 1.10 bits per heavy atom. The molecule has 1 amide bonds. The molecule has 41 heavy (non-hydrogen) atoms. The summed E-state index contributed by atoms with van der Waals surface area (Å²) in [5, 5.41) is 12.5. The number of aromatic nitrogens is 3. The number of thiophene rings is 1. The van der Waals surface area contributed by atoms with Crippen molar-refractivity contribution in [3.8, 4) is 0 Å². The fourth-order valence-electron chi connectivity index (χ4n) is 4.68. The van der Waals surface area contributed by atoms with E-state index in [2.05, 4.69) is 27.2 Å². The standard InChI is InChI=1S/C27H27ClN6O5S2/c1-2-3-17-4-6-18(7-5-17)12-31-26(35)21-16-33(10-11-34(21)41(38,39)24-9-8-22(28)40-24)23-15-30-20-14-29-13-19(27(36)37)25(20)32-23/h4-9,13-15,21H,2-3,10-12,16H2,1H3,(H,31,35)(H,36,37)/t21-/m1/s1. The Balaban J connectivity index is 1.43. The monoisotopic (exact) mass is 614 g/mol. The molecule has 0 unspecified atom stereocenters. The van der Waals surface area contributed by atoms with Crippen molar-refractivity contribution in [1.82, 2.24) is 24.6 Å². The topological polar surface area (TPSA) is 146 Å². The van der Waals surface area contributed by atoms with Crippen LogP contribution >= 0.6 is 22.9 Å². The number of carboxylic acid groups (broad SMARTS) is 1. The van der Waals surface area contributed by atoms with E-state index in [4.69, 9.17) is 11.6 Å². The SMILES string of the molecule is CCCc1ccc(CNC(=O)[C@H]2CN(c3cnc4cncc(C(=O)O)c4n3)CCN2S(=O)(=O)c2ccc(Cl)s2)cc1. The van der Waals surface area contributed by atoms with Gasteiger partial charge in [0.2, 0.25) is 5.91 Å². The van der Waals surface area contributed by atoms with Crippen LogP contribution in [0.3, 0.4) is 0 Å². The lowest BCUT2D eigenvalue weighted by Gasteiger charge is -2.39. The van der Waals surface area contributed by atoms with E-state index in [9.17, 15) is 23.1 Å². The van der Waals surface area contributed by atoms with E-state index < -0.39 is 27.9 Å². The minimum atomic E-state index is -4.03. The first kappa shape index (κ1) is 28.9. The van der Waals surface area contributed by atoms with Gasteiger partial charge in [0.05, 0.1) is 16.7 Å². The molecular weight excluding hydrogens is 588 g/mol. The maximum atomic E-state index is 13.6. The molecule has 2 N–H and O–H groups in total. The van der Waals surface area contributed by atoms with Crippen LogP contribution < -0.4 is 10.2 Å². The third-order valence-electron chi connectivity index (χ3n) is 6.77. The lowest BCUT2D eigenvalue weighted by atomic mass is 10.1. The molecular formula is C27H27ClN6O5S2. The van der Waals surface area contributed by atoms with E-state index in [1.807, 2.05) is 24.3 Å². The molecule has 4 heterocycles. The number of piperazine rings is 1. The van der Waals surface area contributed by atoms with Gasteiger partial charge in [-0.2, -0.15) is 4.31 Å². The molecule has 1 aromatic carbocycles. The molecule has 0 radical (unpaired) electrons. The van der Waals surface area contributed by atoms with Crippen molar-refractivity contribution in [2.45, 2.75) is 36.6 Å². The van der Waals surface area contributed by atoms with Crippen LogP contribution in [0.2, 0.25) is 4.34 Å². The van der Waals surface area contributed by atoms with E-state index >= 15 is 0 Å². The number of carbonyl (C=O) groups excluding carboxylic acids is 1. The van der Waals surface area contributed by atoms with Crippen LogP contribution in [0.15, 0.2) is 59.2 Å². The van der Waals surface area contributed by atoms with Crippen molar-refractivity contribution in [2.75, 3.05) is 24.5 Å². The number of anilines is 1. The molecule has 1 atom stereocenters. The van der Waals surface area contributed by atoms with Gasteiger partial charge >= 0.3 is 5.97 Å². The number of nitrogens with zero attached hydrogens (tertiary/aromatic N) is 5. The molecule has 11 nitrogen and oxygen atoms in total. The lowest BCUT2D eigenvalue weighted by Crippen LogP contribution is -2.60.